The number of piperidine rings is 1. The number of likely N-dealkylation sites (tertiary alicyclic amines) is 1. The van der Waals surface area contributed by atoms with Gasteiger partial charge in [-0.05, 0) is 69.2 Å². The van der Waals surface area contributed by atoms with Gasteiger partial charge in [0.1, 0.15) is 5.69 Å². The number of rotatable bonds is 7. The summed E-state index contributed by atoms with van der Waals surface area (Å²) in [7, 11) is 1.91. The van der Waals surface area contributed by atoms with E-state index in [-0.39, 0.29) is 5.56 Å². The zero-order valence-corrected chi connectivity index (χ0v) is 24.2. The molecular formula is C29H37N5O9. The van der Waals surface area contributed by atoms with Crippen LogP contribution in [0.4, 0.5) is 11.4 Å². The molecule has 2 heterocycles. The molecule has 14 nitrogen and oxygen atoms in total. The number of carboxylic acid groups (broad SMARTS) is 4. The van der Waals surface area contributed by atoms with Gasteiger partial charge >= 0.3 is 23.9 Å². The standard InChI is InChI=1S/C25H33N5O.2C2H2O4/c1-4-29-16-14-21(15-17-29)26-18-20-10-12-22(13-11-20)27-24-19(2)28(3)30(25(24)31)23-8-6-5-7-9-23;2*3-1(4)2(5)6/h5-13,21,26-27H,4,14-18H2,1-3H3;2*(H,3,4)(H,5,6). The van der Waals surface area contributed by atoms with E-state index in [1.165, 1.54) is 31.5 Å². The summed E-state index contributed by atoms with van der Waals surface area (Å²) < 4.78 is 3.59. The van der Waals surface area contributed by atoms with Gasteiger partial charge in [0.25, 0.3) is 5.56 Å². The molecule has 0 bridgehead atoms. The molecule has 232 valence electrons. The second-order valence-electron chi connectivity index (χ2n) is 9.57. The second kappa shape index (κ2) is 16.5. The summed E-state index contributed by atoms with van der Waals surface area (Å²) in [6.07, 6.45) is 2.43. The van der Waals surface area contributed by atoms with Crippen LogP contribution in [-0.2, 0) is 32.8 Å². The lowest BCUT2D eigenvalue weighted by Gasteiger charge is -2.31. The number of benzene rings is 2. The van der Waals surface area contributed by atoms with Crippen LogP contribution in [0, 0.1) is 6.92 Å². The third-order valence-electron chi connectivity index (χ3n) is 6.77. The van der Waals surface area contributed by atoms with Crippen molar-refractivity contribution in [1.29, 1.82) is 0 Å². The summed E-state index contributed by atoms with van der Waals surface area (Å²) in [5.74, 6) is -7.30. The number of para-hydroxylation sites is 1. The Hall–Kier alpha value is -4.95. The van der Waals surface area contributed by atoms with Crippen LogP contribution in [0.2, 0.25) is 0 Å². The fourth-order valence-electron chi connectivity index (χ4n) is 4.28. The predicted molar refractivity (Wildman–Crippen MR) is 158 cm³/mol. The van der Waals surface area contributed by atoms with Crippen LogP contribution in [0.5, 0.6) is 0 Å². The molecule has 3 aromatic rings. The van der Waals surface area contributed by atoms with Crippen molar-refractivity contribution in [3.63, 3.8) is 0 Å². The largest absolute Gasteiger partial charge is 0.473 e. The topological polar surface area (TPSA) is 203 Å². The third kappa shape index (κ3) is 10.4. The van der Waals surface area contributed by atoms with Gasteiger partial charge in [0.2, 0.25) is 0 Å². The van der Waals surface area contributed by atoms with E-state index in [9.17, 15) is 4.79 Å². The van der Waals surface area contributed by atoms with E-state index in [1.54, 1.807) is 4.68 Å². The van der Waals surface area contributed by atoms with Gasteiger partial charge in [-0.15, -0.1) is 0 Å². The highest BCUT2D eigenvalue weighted by molar-refractivity contribution is 6.27. The Morgan fingerprint density at radius 1 is 0.837 bits per heavy atom. The maximum absolute atomic E-state index is 13.1. The molecule has 0 unspecified atom stereocenters. The van der Waals surface area contributed by atoms with Gasteiger partial charge in [-0.3, -0.25) is 9.48 Å². The van der Waals surface area contributed by atoms with Gasteiger partial charge in [0.15, 0.2) is 0 Å². The minimum Gasteiger partial charge on any atom is -0.473 e. The molecule has 0 saturated carbocycles. The SMILES string of the molecule is CCN1CCC(NCc2ccc(Nc3c(C)n(C)n(-c4ccccc4)c3=O)cc2)CC1.O=C(O)C(=O)O.O=C(O)C(=O)O. The molecule has 2 aromatic carbocycles. The number of carboxylic acids is 4. The molecule has 0 atom stereocenters. The first-order valence-corrected chi connectivity index (χ1v) is 13.4. The molecule has 1 aliphatic heterocycles. The van der Waals surface area contributed by atoms with Crippen molar-refractivity contribution >= 4 is 35.3 Å². The van der Waals surface area contributed by atoms with E-state index in [0.29, 0.717) is 11.7 Å². The van der Waals surface area contributed by atoms with Crippen molar-refractivity contribution in [2.24, 2.45) is 7.05 Å². The van der Waals surface area contributed by atoms with Crippen LogP contribution >= 0.6 is 0 Å². The molecule has 0 aliphatic carbocycles. The predicted octanol–water partition coefficient (Wildman–Crippen LogP) is 2.11. The van der Waals surface area contributed by atoms with Gasteiger partial charge < -0.3 is 36.0 Å². The molecule has 6 N–H and O–H groups in total. The minimum atomic E-state index is -1.82. The summed E-state index contributed by atoms with van der Waals surface area (Å²) >= 11 is 0. The Bertz CT molecular complexity index is 1390. The molecule has 4 rings (SSSR count). The van der Waals surface area contributed by atoms with Gasteiger partial charge in [0, 0.05) is 25.3 Å². The van der Waals surface area contributed by atoms with Crippen LogP contribution in [-0.4, -0.2) is 84.2 Å². The average molecular weight is 600 g/mol. The van der Waals surface area contributed by atoms with Crippen LogP contribution in [0.1, 0.15) is 31.0 Å². The molecule has 1 fully saturated rings. The molecule has 14 heteroatoms. The lowest BCUT2D eigenvalue weighted by molar-refractivity contribution is -0.159. The average Bonchev–Trinajstić information content (AvgIpc) is 3.20. The Balaban J connectivity index is 0.000000455. The third-order valence-corrected chi connectivity index (χ3v) is 6.77. The van der Waals surface area contributed by atoms with Crippen molar-refractivity contribution in [3.05, 3.63) is 76.2 Å². The number of aromatic nitrogens is 2. The van der Waals surface area contributed by atoms with Gasteiger partial charge in [-0.2, -0.15) is 0 Å². The summed E-state index contributed by atoms with van der Waals surface area (Å²) in [6.45, 7) is 8.60. The van der Waals surface area contributed by atoms with Crippen LogP contribution < -0.4 is 16.2 Å². The zero-order chi connectivity index (χ0) is 32.1. The summed E-state index contributed by atoms with van der Waals surface area (Å²) in [6, 6.07) is 18.7. The van der Waals surface area contributed by atoms with Crippen molar-refractivity contribution in [2.75, 3.05) is 25.0 Å². The zero-order valence-electron chi connectivity index (χ0n) is 24.2. The lowest BCUT2D eigenvalue weighted by Crippen LogP contribution is -2.42. The number of hydrogen-bond donors (Lipinski definition) is 6. The maximum atomic E-state index is 13.1. The Labute approximate surface area is 247 Å². The van der Waals surface area contributed by atoms with E-state index < -0.39 is 23.9 Å². The lowest BCUT2D eigenvalue weighted by atomic mass is 10.0. The van der Waals surface area contributed by atoms with E-state index >= 15 is 0 Å². The molecule has 0 radical (unpaired) electrons. The fourth-order valence-corrected chi connectivity index (χ4v) is 4.28. The summed E-state index contributed by atoms with van der Waals surface area (Å²) in [5, 5.41) is 36.6. The fraction of sp³-hybridized carbons (Fsp3) is 0.345. The number of hydrogen-bond acceptors (Lipinski definition) is 8. The van der Waals surface area contributed by atoms with Gasteiger partial charge in [0.05, 0.1) is 11.4 Å². The van der Waals surface area contributed by atoms with E-state index in [4.69, 9.17) is 39.6 Å². The summed E-state index contributed by atoms with van der Waals surface area (Å²) in [5.41, 5.74) is 4.51. The van der Waals surface area contributed by atoms with E-state index in [0.717, 1.165) is 30.2 Å². The van der Waals surface area contributed by atoms with Crippen LogP contribution in [0.25, 0.3) is 5.69 Å². The quantitative estimate of drug-likeness (QED) is 0.216. The van der Waals surface area contributed by atoms with Gasteiger partial charge in [-0.25, -0.2) is 23.9 Å². The van der Waals surface area contributed by atoms with Gasteiger partial charge in [-0.1, -0.05) is 37.3 Å². The van der Waals surface area contributed by atoms with E-state index in [1.807, 2.05) is 49.0 Å². The minimum absolute atomic E-state index is 0.0460. The van der Waals surface area contributed by atoms with Crippen molar-refractivity contribution in [3.8, 4) is 5.69 Å². The Morgan fingerprint density at radius 2 is 1.35 bits per heavy atom. The van der Waals surface area contributed by atoms with Crippen LogP contribution in [0.3, 0.4) is 0 Å². The number of anilines is 2. The molecule has 1 aromatic heterocycles. The van der Waals surface area contributed by atoms with Crippen molar-refractivity contribution in [2.45, 2.75) is 39.3 Å². The molecular weight excluding hydrogens is 562 g/mol. The number of aliphatic carboxylic acids is 4. The smallest absolute Gasteiger partial charge is 0.414 e. The Morgan fingerprint density at radius 3 is 1.81 bits per heavy atom. The van der Waals surface area contributed by atoms with Crippen molar-refractivity contribution < 1.29 is 39.6 Å². The summed E-state index contributed by atoms with van der Waals surface area (Å²) in [4.78, 5) is 52.0. The molecule has 1 aliphatic rings. The first-order valence-electron chi connectivity index (χ1n) is 13.4. The van der Waals surface area contributed by atoms with Crippen LogP contribution in [0.15, 0.2) is 59.4 Å². The molecule has 43 heavy (non-hydrogen) atoms. The first-order chi connectivity index (χ1) is 20.3. The second-order valence-corrected chi connectivity index (χ2v) is 9.57. The molecule has 0 amide bonds. The van der Waals surface area contributed by atoms with E-state index in [2.05, 4.69) is 46.7 Å². The highest BCUT2D eigenvalue weighted by atomic mass is 16.4. The number of carbonyl (C=O) groups is 4. The highest BCUT2D eigenvalue weighted by Crippen LogP contribution is 2.20. The highest BCUT2D eigenvalue weighted by Gasteiger charge is 2.18. The monoisotopic (exact) mass is 599 g/mol. The normalized spacial score (nSPS) is 13.1. The Kier molecular flexibility index (Phi) is 13.1. The molecule has 1 saturated heterocycles. The molecule has 0 spiro atoms. The maximum Gasteiger partial charge on any atom is 0.414 e. The van der Waals surface area contributed by atoms with Crippen molar-refractivity contribution in [1.82, 2.24) is 19.6 Å². The number of nitrogens with one attached hydrogen (secondary N) is 2. The number of nitrogens with zero attached hydrogens (tertiary/aromatic N) is 3. The first kappa shape index (κ1) is 34.3.